The van der Waals surface area contributed by atoms with Crippen molar-refractivity contribution in [2.24, 2.45) is 4.99 Å². The summed E-state index contributed by atoms with van der Waals surface area (Å²) in [5.74, 6) is 1.28. The molecule has 1 rings (SSSR count). The Balaban J connectivity index is 2.50. The van der Waals surface area contributed by atoms with Crippen molar-refractivity contribution in [3.8, 4) is 0 Å². The second-order valence-electron chi connectivity index (χ2n) is 4.17. The second-order valence-corrected chi connectivity index (χ2v) is 4.17. The van der Waals surface area contributed by atoms with Gasteiger partial charge in [-0.3, -0.25) is 4.99 Å². The standard InChI is InChI=1S/C12H24N2O/c1-2-8-13-12-7-4-3-5-9-14(12)10-6-11-15/h15H,2-11H2,1H3. The van der Waals surface area contributed by atoms with Crippen LogP contribution in [-0.2, 0) is 0 Å². The molecule has 1 saturated heterocycles. The summed E-state index contributed by atoms with van der Waals surface area (Å²) in [5.41, 5.74) is 0. The summed E-state index contributed by atoms with van der Waals surface area (Å²) in [5, 5.41) is 8.86. The number of aliphatic hydroxyl groups is 1. The van der Waals surface area contributed by atoms with E-state index in [1.54, 1.807) is 0 Å². The molecule has 0 aromatic heterocycles. The molecule has 0 spiro atoms. The van der Waals surface area contributed by atoms with Crippen molar-refractivity contribution in [1.29, 1.82) is 0 Å². The molecular formula is C12H24N2O. The topological polar surface area (TPSA) is 35.8 Å². The van der Waals surface area contributed by atoms with E-state index in [1.165, 1.54) is 25.1 Å². The number of amidine groups is 1. The van der Waals surface area contributed by atoms with E-state index in [0.29, 0.717) is 0 Å². The first kappa shape index (κ1) is 12.5. The molecule has 0 radical (unpaired) electrons. The molecular weight excluding hydrogens is 188 g/mol. The van der Waals surface area contributed by atoms with Crippen LogP contribution in [0.25, 0.3) is 0 Å². The minimum absolute atomic E-state index is 0.289. The van der Waals surface area contributed by atoms with Crippen molar-refractivity contribution in [2.75, 3.05) is 26.2 Å². The van der Waals surface area contributed by atoms with Crippen molar-refractivity contribution in [1.82, 2.24) is 4.90 Å². The predicted octanol–water partition coefficient (Wildman–Crippen LogP) is 2.05. The summed E-state index contributed by atoms with van der Waals surface area (Å²) in [4.78, 5) is 7.03. The fourth-order valence-corrected chi connectivity index (χ4v) is 1.97. The van der Waals surface area contributed by atoms with E-state index < -0.39 is 0 Å². The minimum Gasteiger partial charge on any atom is -0.396 e. The zero-order chi connectivity index (χ0) is 10.9. The minimum atomic E-state index is 0.289. The van der Waals surface area contributed by atoms with Crippen LogP contribution in [0.5, 0.6) is 0 Å². The van der Waals surface area contributed by atoms with Gasteiger partial charge in [-0.2, -0.15) is 0 Å². The number of rotatable bonds is 5. The number of aliphatic imine (C=N–C) groups is 1. The fourth-order valence-electron chi connectivity index (χ4n) is 1.97. The number of hydrogen-bond acceptors (Lipinski definition) is 2. The molecule has 1 fully saturated rings. The maximum atomic E-state index is 8.86. The zero-order valence-electron chi connectivity index (χ0n) is 9.91. The molecule has 1 heterocycles. The molecule has 0 unspecified atom stereocenters. The monoisotopic (exact) mass is 212 g/mol. The molecule has 3 nitrogen and oxygen atoms in total. The second kappa shape index (κ2) is 7.69. The lowest BCUT2D eigenvalue weighted by Crippen LogP contribution is -2.32. The number of likely N-dealkylation sites (tertiary alicyclic amines) is 1. The van der Waals surface area contributed by atoms with E-state index in [9.17, 15) is 0 Å². The maximum Gasteiger partial charge on any atom is 0.0988 e. The van der Waals surface area contributed by atoms with Crippen molar-refractivity contribution < 1.29 is 5.11 Å². The summed E-state index contributed by atoms with van der Waals surface area (Å²) < 4.78 is 0. The lowest BCUT2D eigenvalue weighted by Gasteiger charge is -2.23. The van der Waals surface area contributed by atoms with Crippen molar-refractivity contribution in [3.63, 3.8) is 0 Å². The number of nitrogens with zero attached hydrogens (tertiary/aromatic N) is 2. The first-order chi connectivity index (χ1) is 7.38. The van der Waals surface area contributed by atoms with Crippen molar-refractivity contribution in [2.45, 2.75) is 45.4 Å². The van der Waals surface area contributed by atoms with Gasteiger partial charge in [-0.15, -0.1) is 0 Å². The Bertz CT molecular complexity index is 192. The average molecular weight is 212 g/mol. The maximum absolute atomic E-state index is 8.86. The van der Waals surface area contributed by atoms with Crippen LogP contribution in [0.4, 0.5) is 0 Å². The Morgan fingerprint density at radius 3 is 2.93 bits per heavy atom. The van der Waals surface area contributed by atoms with Gasteiger partial charge in [0, 0.05) is 32.7 Å². The fraction of sp³-hybridized carbons (Fsp3) is 0.917. The highest BCUT2D eigenvalue weighted by atomic mass is 16.3. The van der Waals surface area contributed by atoms with Crippen LogP contribution in [0.15, 0.2) is 4.99 Å². The Hall–Kier alpha value is -0.570. The van der Waals surface area contributed by atoms with Crippen LogP contribution in [0.3, 0.4) is 0 Å². The van der Waals surface area contributed by atoms with E-state index in [-0.39, 0.29) is 6.61 Å². The van der Waals surface area contributed by atoms with E-state index in [2.05, 4.69) is 16.8 Å². The first-order valence-corrected chi connectivity index (χ1v) is 6.27. The summed E-state index contributed by atoms with van der Waals surface area (Å²) in [6, 6.07) is 0. The predicted molar refractivity (Wildman–Crippen MR) is 64.3 cm³/mol. The Kier molecular flexibility index (Phi) is 6.41. The number of aliphatic hydroxyl groups excluding tert-OH is 1. The van der Waals surface area contributed by atoms with Gasteiger partial charge in [-0.25, -0.2) is 0 Å². The van der Waals surface area contributed by atoms with Gasteiger partial charge >= 0.3 is 0 Å². The largest absolute Gasteiger partial charge is 0.396 e. The number of hydrogen-bond donors (Lipinski definition) is 1. The van der Waals surface area contributed by atoms with E-state index in [4.69, 9.17) is 5.11 Å². The summed E-state index contributed by atoms with van der Waals surface area (Å²) in [7, 11) is 0. The summed E-state index contributed by atoms with van der Waals surface area (Å²) >= 11 is 0. The van der Waals surface area contributed by atoms with Gasteiger partial charge in [0.05, 0.1) is 5.84 Å². The molecule has 0 aromatic rings. The first-order valence-electron chi connectivity index (χ1n) is 6.27. The van der Waals surface area contributed by atoms with E-state index >= 15 is 0 Å². The van der Waals surface area contributed by atoms with Crippen LogP contribution in [-0.4, -0.2) is 42.1 Å². The molecule has 0 aliphatic carbocycles. The molecule has 1 N–H and O–H groups in total. The van der Waals surface area contributed by atoms with Crippen LogP contribution < -0.4 is 0 Å². The van der Waals surface area contributed by atoms with Crippen LogP contribution >= 0.6 is 0 Å². The molecule has 0 bridgehead atoms. The zero-order valence-corrected chi connectivity index (χ0v) is 9.91. The van der Waals surface area contributed by atoms with Gasteiger partial charge < -0.3 is 10.0 Å². The summed E-state index contributed by atoms with van der Waals surface area (Å²) in [6.45, 7) is 5.50. The highest BCUT2D eigenvalue weighted by molar-refractivity contribution is 5.82. The highest BCUT2D eigenvalue weighted by Gasteiger charge is 2.13. The van der Waals surface area contributed by atoms with Gasteiger partial charge in [0.2, 0.25) is 0 Å². The molecule has 0 aromatic carbocycles. The molecule has 3 heteroatoms. The normalized spacial score (nSPS) is 20.7. The third kappa shape index (κ3) is 4.65. The van der Waals surface area contributed by atoms with Gasteiger partial charge in [0.15, 0.2) is 0 Å². The van der Waals surface area contributed by atoms with Gasteiger partial charge in [-0.05, 0) is 25.7 Å². The highest BCUT2D eigenvalue weighted by Crippen LogP contribution is 2.13. The van der Waals surface area contributed by atoms with Crippen LogP contribution in [0.2, 0.25) is 0 Å². The van der Waals surface area contributed by atoms with Gasteiger partial charge in [0.25, 0.3) is 0 Å². The van der Waals surface area contributed by atoms with Crippen LogP contribution in [0, 0.1) is 0 Å². The molecule has 1 aliphatic heterocycles. The van der Waals surface area contributed by atoms with E-state index in [0.717, 1.165) is 38.9 Å². The van der Waals surface area contributed by atoms with E-state index in [1.807, 2.05) is 0 Å². The van der Waals surface area contributed by atoms with Crippen LogP contribution in [0.1, 0.15) is 45.4 Å². The third-order valence-electron chi connectivity index (χ3n) is 2.80. The third-order valence-corrected chi connectivity index (χ3v) is 2.80. The Labute approximate surface area is 93.2 Å². The van der Waals surface area contributed by atoms with Crippen molar-refractivity contribution >= 4 is 5.84 Å². The SMILES string of the molecule is CCCN=C1CCCCCN1CCCO. The molecule has 88 valence electrons. The summed E-state index contributed by atoms with van der Waals surface area (Å²) in [6.07, 6.45) is 6.99. The lowest BCUT2D eigenvalue weighted by atomic mass is 10.2. The molecule has 0 atom stereocenters. The molecule has 1 aliphatic rings. The molecule has 15 heavy (non-hydrogen) atoms. The average Bonchev–Trinajstić information content (AvgIpc) is 2.48. The quantitative estimate of drug-likeness (QED) is 0.757. The van der Waals surface area contributed by atoms with Gasteiger partial charge in [0.1, 0.15) is 0 Å². The van der Waals surface area contributed by atoms with Gasteiger partial charge in [-0.1, -0.05) is 13.3 Å². The lowest BCUT2D eigenvalue weighted by molar-refractivity contribution is 0.266. The smallest absolute Gasteiger partial charge is 0.0988 e. The molecule has 0 amide bonds. The molecule has 0 saturated carbocycles. The Morgan fingerprint density at radius 1 is 1.33 bits per heavy atom. The Morgan fingerprint density at radius 2 is 2.20 bits per heavy atom. The van der Waals surface area contributed by atoms with Crippen molar-refractivity contribution in [3.05, 3.63) is 0 Å².